The molecule has 0 radical (unpaired) electrons. The lowest BCUT2D eigenvalue weighted by atomic mass is 9.89. The summed E-state index contributed by atoms with van der Waals surface area (Å²) >= 11 is 0. The van der Waals surface area contributed by atoms with Gasteiger partial charge < -0.3 is 11.5 Å². The van der Waals surface area contributed by atoms with Gasteiger partial charge in [-0.1, -0.05) is 43.5 Å². The molecule has 1 aromatic rings. The summed E-state index contributed by atoms with van der Waals surface area (Å²) in [5, 5.41) is 0. The summed E-state index contributed by atoms with van der Waals surface area (Å²) in [6.45, 7) is 16.1. The molecule has 0 aliphatic heterocycles. The Morgan fingerprint density at radius 2 is 1.69 bits per heavy atom. The average molecular weight is 393 g/mol. The van der Waals surface area contributed by atoms with Crippen LogP contribution in [0.1, 0.15) is 51.7 Å². The smallest absolute Gasteiger partial charge is 0.127 e. The first-order valence-electron chi connectivity index (χ1n) is 10.1. The minimum absolute atomic E-state index is 0.232. The van der Waals surface area contributed by atoms with Gasteiger partial charge in [-0.2, -0.15) is 0 Å². The number of hydrogen-bond donors (Lipinski definition) is 2. The minimum atomic E-state index is -0.232. The van der Waals surface area contributed by atoms with E-state index in [9.17, 15) is 4.39 Å². The molecule has 0 atom stereocenters. The Hall–Kier alpha value is -2.65. The van der Waals surface area contributed by atoms with E-state index in [1.54, 1.807) is 6.92 Å². The Bertz CT molecular complexity index is 904. The van der Waals surface area contributed by atoms with E-state index in [1.165, 1.54) is 11.6 Å². The van der Waals surface area contributed by atoms with E-state index >= 15 is 0 Å². The van der Waals surface area contributed by atoms with E-state index in [0.717, 1.165) is 46.3 Å². The first kappa shape index (κ1) is 22.6. The molecule has 0 heterocycles. The lowest BCUT2D eigenvalue weighted by Crippen LogP contribution is -2.03. The third-order valence-electron chi connectivity index (χ3n) is 5.46. The Morgan fingerprint density at radius 1 is 1.10 bits per heavy atom. The Labute approximate surface area is 174 Å². The van der Waals surface area contributed by atoms with Gasteiger partial charge in [0.2, 0.25) is 0 Å². The second-order valence-electron chi connectivity index (χ2n) is 7.76. The molecule has 3 heteroatoms. The van der Waals surface area contributed by atoms with Crippen molar-refractivity contribution in [3.8, 4) is 0 Å². The highest BCUT2D eigenvalue weighted by Crippen LogP contribution is 2.43. The highest BCUT2D eigenvalue weighted by Gasteiger charge is 2.28. The lowest BCUT2D eigenvalue weighted by molar-refractivity contribution is 0.670. The molecule has 0 amide bonds. The van der Waals surface area contributed by atoms with E-state index in [0.29, 0.717) is 23.7 Å². The van der Waals surface area contributed by atoms with Crippen LogP contribution in [-0.2, 0) is 6.54 Å². The molecule has 2 rings (SSSR count). The maximum absolute atomic E-state index is 15.0. The predicted molar refractivity (Wildman–Crippen MR) is 123 cm³/mol. The zero-order valence-electron chi connectivity index (χ0n) is 18.1. The highest BCUT2D eigenvalue weighted by molar-refractivity contribution is 5.82. The molecule has 1 aliphatic carbocycles. The maximum Gasteiger partial charge on any atom is 0.127 e. The van der Waals surface area contributed by atoms with Gasteiger partial charge in [0.1, 0.15) is 5.83 Å². The zero-order chi connectivity index (χ0) is 21.7. The number of benzene rings is 1. The van der Waals surface area contributed by atoms with Crippen molar-refractivity contribution in [2.24, 2.45) is 17.4 Å². The Kier molecular flexibility index (Phi) is 7.58. The first-order chi connectivity index (χ1) is 13.7. The van der Waals surface area contributed by atoms with Crippen molar-refractivity contribution < 1.29 is 4.39 Å². The molecule has 4 N–H and O–H groups in total. The molecule has 0 bridgehead atoms. The number of rotatable bonds is 8. The summed E-state index contributed by atoms with van der Waals surface area (Å²) in [7, 11) is 0. The van der Waals surface area contributed by atoms with Gasteiger partial charge in [0.25, 0.3) is 0 Å². The standard InChI is InChI=1S/C26H33FN2/c1-7-25(27)26(22-10-8-20(15-28)9-11-22)18(5)17(4)24(21-12-13-21)14-23(16(2)3)19(6)29/h7-11,14,21H,2,6,12-13,15,28-29H2,1,3-5H3/b23-14+,24-17-,25-7+,26-18-. The molecule has 1 aliphatic rings. The van der Waals surface area contributed by atoms with Crippen LogP contribution in [0, 0.1) is 5.92 Å². The molecule has 0 spiro atoms. The van der Waals surface area contributed by atoms with Crippen molar-refractivity contribution in [3.05, 3.63) is 100 Å². The van der Waals surface area contributed by atoms with Gasteiger partial charge in [-0.25, -0.2) is 4.39 Å². The van der Waals surface area contributed by atoms with Crippen LogP contribution in [-0.4, -0.2) is 0 Å². The summed E-state index contributed by atoms with van der Waals surface area (Å²) in [6.07, 6.45) is 5.85. The van der Waals surface area contributed by atoms with Crippen molar-refractivity contribution in [1.82, 2.24) is 0 Å². The van der Waals surface area contributed by atoms with E-state index in [-0.39, 0.29) is 5.83 Å². The maximum atomic E-state index is 15.0. The Balaban J connectivity index is 2.70. The molecular weight excluding hydrogens is 359 g/mol. The second kappa shape index (κ2) is 9.71. The molecule has 0 unspecified atom stereocenters. The molecule has 0 aromatic heterocycles. The fourth-order valence-electron chi connectivity index (χ4n) is 3.46. The van der Waals surface area contributed by atoms with Crippen molar-refractivity contribution in [1.29, 1.82) is 0 Å². The second-order valence-corrected chi connectivity index (χ2v) is 7.76. The van der Waals surface area contributed by atoms with E-state index in [2.05, 4.69) is 26.2 Å². The number of allylic oxidation sites excluding steroid dienone is 8. The monoisotopic (exact) mass is 392 g/mol. The highest BCUT2D eigenvalue weighted by atomic mass is 19.1. The van der Waals surface area contributed by atoms with Gasteiger partial charge in [-0.15, -0.1) is 0 Å². The third-order valence-corrected chi connectivity index (χ3v) is 5.46. The molecule has 1 aromatic carbocycles. The molecular formula is C26H33FN2. The van der Waals surface area contributed by atoms with Gasteiger partial charge in [0.15, 0.2) is 0 Å². The zero-order valence-corrected chi connectivity index (χ0v) is 18.1. The fraction of sp³-hybridized carbons (Fsp3) is 0.308. The van der Waals surface area contributed by atoms with Gasteiger partial charge in [-0.05, 0) is 91.5 Å². The van der Waals surface area contributed by atoms with Crippen LogP contribution in [0.5, 0.6) is 0 Å². The van der Waals surface area contributed by atoms with E-state index in [4.69, 9.17) is 11.5 Å². The quantitative estimate of drug-likeness (QED) is 0.497. The first-order valence-corrected chi connectivity index (χ1v) is 10.1. The van der Waals surface area contributed by atoms with Crippen LogP contribution < -0.4 is 11.5 Å². The van der Waals surface area contributed by atoms with Crippen LogP contribution in [0.25, 0.3) is 5.57 Å². The molecule has 1 fully saturated rings. The van der Waals surface area contributed by atoms with Crippen LogP contribution >= 0.6 is 0 Å². The van der Waals surface area contributed by atoms with Crippen LogP contribution in [0.2, 0.25) is 0 Å². The summed E-state index contributed by atoms with van der Waals surface area (Å²) in [5.41, 5.74) is 19.6. The average Bonchev–Trinajstić information content (AvgIpc) is 3.53. The van der Waals surface area contributed by atoms with Crippen LogP contribution in [0.15, 0.2) is 89.0 Å². The molecule has 2 nitrogen and oxygen atoms in total. The van der Waals surface area contributed by atoms with Gasteiger partial charge >= 0.3 is 0 Å². The van der Waals surface area contributed by atoms with Gasteiger partial charge in [-0.3, -0.25) is 0 Å². The normalized spacial score (nSPS) is 16.9. The van der Waals surface area contributed by atoms with Crippen LogP contribution in [0.4, 0.5) is 4.39 Å². The number of nitrogens with two attached hydrogens (primary N) is 2. The van der Waals surface area contributed by atoms with E-state index in [1.807, 2.05) is 38.1 Å². The molecule has 154 valence electrons. The van der Waals surface area contributed by atoms with Crippen LogP contribution in [0.3, 0.4) is 0 Å². The van der Waals surface area contributed by atoms with Crippen molar-refractivity contribution in [2.45, 2.75) is 47.1 Å². The largest absolute Gasteiger partial charge is 0.399 e. The SMILES string of the molecule is C=C(C)\C(=C/C(=C(C)/C(C)=C(\C(F)=C/C)c1ccc(CN)cc1)C1CC1)C(=C)N. The number of hydrogen-bond acceptors (Lipinski definition) is 2. The van der Waals surface area contributed by atoms with E-state index < -0.39 is 0 Å². The van der Waals surface area contributed by atoms with Crippen molar-refractivity contribution >= 4 is 5.57 Å². The summed E-state index contributed by atoms with van der Waals surface area (Å²) in [4.78, 5) is 0. The van der Waals surface area contributed by atoms with Gasteiger partial charge in [0.05, 0.1) is 0 Å². The topological polar surface area (TPSA) is 52.0 Å². The predicted octanol–water partition coefficient (Wildman–Crippen LogP) is 6.49. The minimum Gasteiger partial charge on any atom is -0.399 e. The fourth-order valence-corrected chi connectivity index (χ4v) is 3.46. The Morgan fingerprint density at radius 3 is 2.10 bits per heavy atom. The summed E-state index contributed by atoms with van der Waals surface area (Å²) in [6, 6.07) is 7.77. The van der Waals surface area contributed by atoms with Gasteiger partial charge in [0, 0.05) is 17.8 Å². The molecule has 0 saturated heterocycles. The lowest BCUT2D eigenvalue weighted by Gasteiger charge is -2.17. The molecule has 29 heavy (non-hydrogen) atoms. The summed E-state index contributed by atoms with van der Waals surface area (Å²) in [5.74, 6) is 0.234. The third kappa shape index (κ3) is 5.45. The number of halogens is 1. The van der Waals surface area contributed by atoms with Crippen molar-refractivity contribution in [2.75, 3.05) is 0 Å². The van der Waals surface area contributed by atoms with Crippen molar-refractivity contribution in [3.63, 3.8) is 0 Å². The molecule has 1 saturated carbocycles. The summed E-state index contributed by atoms with van der Waals surface area (Å²) < 4.78 is 15.0.